The summed E-state index contributed by atoms with van der Waals surface area (Å²) in [4.78, 5) is 56.0. The molecule has 128 valence electrons. The van der Waals surface area contributed by atoms with Gasteiger partial charge in [0.2, 0.25) is 17.7 Å². The fourth-order valence-electron chi connectivity index (χ4n) is 2.35. The summed E-state index contributed by atoms with van der Waals surface area (Å²) in [6.07, 6.45) is 6.55. The van der Waals surface area contributed by atoms with Crippen LogP contribution in [-0.2, 0) is 20.8 Å². The molecule has 0 spiro atoms. The van der Waals surface area contributed by atoms with Crippen LogP contribution < -0.4 is 11.1 Å². The highest BCUT2D eigenvalue weighted by atomic mass is 32.1. The van der Waals surface area contributed by atoms with E-state index in [-0.39, 0.29) is 11.6 Å². The Hall–Kier alpha value is -3.14. The van der Waals surface area contributed by atoms with Crippen LogP contribution in [0.2, 0.25) is 0 Å². The molecule has 0 aromatic carbocycles. The van der Waals surface area contributed by atoms with E-state index in [1.54, 1.807) is 29.7 Å². The standard InChI is InChI=1S/C15H13N5O4S/c16-11(21)5-8-7-25-14(17-8)19-12(22)6-20-13(23)9-3-1-2-4-10(9)18-15(20)24/h1-4,7,9H,5-6H2,(H2,16,21)(H,17,19,22). The Bertz CT molecular complexity index is 854. The van der Waals surface area contributed by atoms with Crippen LogP contribution in [0, 0.1) is 5.92 Å². The number of hydrogen-bond donors (Lipinski definition) is 2. The molecule has 3 N–H and O–H groups in total. The van der Waals surface area contributed by atoms with Crippen LogP contribution in [0.1, 0.15) is 5.69 Å². The molecule has 5 amide bonds. The number of primary amides is 1. The van der Waals surface area contributed by atoms with Gasteiger partial charge in [0.1, 0.15) is 6.54 Å². The summed E-state index contributed by atoms with van der Waals surface area (Å²) >= 11 is 1.11. The number of fused-ring (bicyclic) bond motifs is 1. The summed E-state index contributed by atoms with van der Waals surface area (Å²) in [5.74, 6) is -2.27. The summed E-state index contributed by atoms with van der Waals surface area (Å²) in [6.45, 7) is -0.465. The maximum atomic E-state index is 12.4. The van der Waals surface area contributed by atoms with Gasteiger partial charge in [-0.15, -0.1) is 11.3 Å². The summed E-state index contributed by atoms with van der Waals surface area (Å²) in [6, 6.07) is -0.778. The second-order valence-corrected chi connectivity index (χ2v) is 6.16. The van der Waals surface area contributed by atoms with E-state index in [0.717, 1.165) is 16.2 Å². The Labute approximate surface area is 145 Å². The van der Waals surface area contributed by atoms with Crippen molar-refractivity contribution in [3.05, 3.63) is 35.4 Å². The number of rotatable bonds is 5. The number of allylic oxidation sites excluding steroid dienone is 3. The second kappa shape index (κ2) is 6.77. The molecule has 1 atom stereocenters. The Kier molecular flexibility index (Phi) is 4.52. The lowest BCUT2D eigenvalue weighted by molar-refractivity contribution is -0.132. The lowest BCUT2D eigenvalue weighted by Crippen LogP contribution is -2.48. The molecular formula is C15H13N5O4S. The Morgan fingerprint density at radius 3 is 2.88 bits per heavy atom. The SMILES string of the molecule is NC(=O)Cc1csc(NC(=O)CN2C(=O)N=C3C=CC=CC3C2=O)n1. The van der Waals surface area contributed by atoms with Crippen molar-refractivity contribution in [2.75, 3.05) is 11.9 Å². The molecule has 1 aromatic rings. The molecule has 3 rings (SSSR count). The molecule has 0 saturated carbocycles. The minimum atomic E-state index is -0.778. The zero-order valence-electron chi connectivity index (χ0n) is 12.8. The van der Waals surface area contributed by atoms with Crippen LogP contribution in [0.3, 0.4) is 0 Å². The number of nitrogens with two attached hydrogens (primary N) is 1. The van der Waals surface area contributed by atoms with E-state index in [9.17, 15) is 19.2 Å². The highest BCUT2D eigenvalue weighted by molar-refractivity contribution is 7.13. The van der Waals surface area contributed by atoms with Crippen LogP contribution in [0.5, 0.6) is 0 Å². The molecule has 0 fully saturated rings. The highest BCUT2D eigenvalue weighted by Gasteiger charge is 2.36. The van der Waals surface area contributed by atoms with Gasteiger partial charge in [-0.3, -0.25) is 19.3 Å². The van der Waals surface area contributed by atoms with Crippen LogP contribution in [0.15, 0.2) is 34.7 Å². The normalized spacial score (nSPS) is 18.8. The van der Waals surface area contributed by atoms with Crippen molar-refractivity contribution >= 4 is 45.9 Å². The average Bonchev–Trinajstić information content (AvgIpc) is 2.97. The van der Waals surface area contributed by atoms with E-state index in [0.29, 0.717) is 11.4 Å². The second-order valence-electron chi connectivity index (χ2n) is 5.30. The number of imide groups is 1. The zero-order chi connectivity index (χ0) is 18.0. The van der Waals surface area contributed by atoms with Gasteiger partial charge in [-0.2, -0.15) is 4.99 Å². The van der Waals surface area contributed by atoms with Gasteiger partial charge in [0.15, 0.2) is 5.13 Å². The van der Waals surface area contributed by atoms with Gasteiger partial charge in [0.25, 0.3) is 0 Å². The summed E-state index contributed by atoms with van der Waals surface area (Å²) < 4.78 is 0. The number of nitrogens with one attached hydrogen (secondary N) is 1. The molecule has 1 aromatic heterocycles. The lowest BCUT2D eigenvalue weighted by Gasteiger charge is -2.27. The molecule has 0 bridgehead atoms. The van der Waals surface area contributed by atoms with Crippen LogP contribution >= 0.6 is 11.3 Å². The van der Waals surface area contributed by atoms with Crippen molar-refractivity contribution in [1.29, 1.82) is 0 Å². The van der Waals surface area contributed by atoms with E-state index in [4.69, 9.17) is 5.73 Å². The molecule has 2 aliphatic rings. The van der Waals surface area contributed by atoms with Crippen molar-refractivity contribution in [3.63, 3.8) is 0 Å². The van der Waals surface area contributed by atoms with Gasteiger partial charge in [0, 0.05) is 5.38 Å². The number of nitrogens with zero attached hydrogens (tertiary/aromatic N) is 3. The summed E-state index contributed by atoms with van der Waals surface area (Å²) in [5.41, 5.74) is 5.88. The molecule has 1 unspecified atom stereocenters. The number of aromatic nitrogens is 1. The molecule has 0 saturated heterocycles. The fraction of sp³-hybridized carbons (Fsp3) is 0.200. The third-order valence-corrected chi connectivity index (χ3v) is 4.25. The van der Waals surface area contributed by atoms with Crippen molar-refractivity contribution in [1.82, 2.24) is 9.88 Å². The Morgan fingerprint density at radius 2 is 2.12 bits per heavy atom. The fourth-order valence-corrected chi connectivity index (χ4v) is 3.08. The number of anilines is 1. The van der Waals surface area contributed by atoms with Crippen molar-refractivity contribution in [2.45, 2.75) is 6.42 Å². The van der Waals surface area contributed by atoms with E-state index in [1.807, 2.05) is 0 Å². The molecule has 25 heavy (non-hydrogen) atoms. The molecule has 2 heterocycles. The number of urea groups is 1. The molecular weight excluding hydrogens is 346 g/mol. The van der Waals surface area contributed by atoms with E-state index in [1.165, 1.54) is 0 Å². The van der Waals surface area contributed by atoms with Gasteiger partial charge in [-0.05, 0) is 6.08 Å². The molecule has 1 aliphatic carbocycles. The zero-order valence-corrected chi connectivity index (χ0v) is 13.7. The average molecular weight is 359 g/mol. The number of amides is 5. The van der Waals surface area contributed by atoms with Crippen molar-refractivity contribution in [2.24, 2.45) is 16.6 Å². The molecule has 0 radical (unpaired) electrons. The van der Waals surface area contributed by atoms with Crippen LogP contribution in [-0.4, -0.2) is 45.9 Å². The number of thiazole rings is 1. The summed E-state index contributed by atoms with van der Waals surface area (Å²) in [5, 5.41) is 4.33. The number of carbonyl (C=O) groups is 4. The summed E-state index contributed by atoms with van der Waals surface area (Å²) in [7, 11) is 0. The van der Waals surface area contributed by atoms with Crippen LogP contribution in [0.25, 0.3) is 0 Å². The van der Waals surface area contributed by atoms with E-state index < -0.39 is 36.2 Å². The monoisotopic (exact) mass is 359 g/mol. The largest absolute Gasteiger partial charge is 0.369 e. The molecule has 9 nitrogen and oxygen atoms in total. The number of aliphatic imine (C=N–C) groups is 1. The topological polar surface area (TPSA) is 135 Å². The smallest absolute Gasteiger partial charge is 0.351 e. The van der Waals surface area contributed by atoms with Gasteiger partial charge < -0.3 is 11.1 Å². The molecule has 10 heteroatoms. The third-order valence-electron chi connectivity index (χ3n) is 3.44. The third kappa shape index (κ3) is 3.69. The molecule has 1 aliphatic heterocycles. The van der Waals surface area contributed by atoms with Crippen molar-refractivity contribution < 1.29 is 19.2 Å². The van der Waals surface area contributed by atoms with Gasteiger partial charge >= 0.3 is 6.03 Å². The minimum absolute atomic E-state index is 0.0332. The first-order valence-electron chi connectivity index (χ1n) is 7.25. The van der Waals surface area contributed by atoms with Crippen LogP contribution in [0.4, 0.5) is 9.93 Å². The van der Waals surface area contributed by atoms with Gasteiger partial charge in [0.05, 0.1) is 23.7 Å². The van der Waals surface area contributed by atoms with E-state index in [2.05, 4.69) is 15.3 Å². The van der Waals surface area contributed by atoms with E-state index >= 15 is 0 Å². The lowest BCUT2D eigenvalue weighted by atomic mass is 9.95. The first kappa shape index (κ1) is 16.7. The Balaban J connectivity index is 1.65. The first-order valence-corrected chi connectivity index (χ1v) is 8.13. The first-order chi connectivity index (χ1) is 11.9. The number of carbonyl (C=O) groups excluding carboxylic acids is 4. The maximum Gasteiger partial charge on any atom is 0.351 e. The predicted molar refractivity (Wildman–Crippen MR) is 90.0 cm³/mol. The Morgan fingerprint density at radius 1 is 1.32 bits per heavy atom. The highest BCUT2D eigenvalue weighted by Crippen LogP contribution is 2.20. The minimum Gasteiger partial charge on any atom is -0.369 e. The van der Waals surface area contributed by atoms with Gasteiger partial charge in [-0.25, -0.2) is 9.78 Å². The van der Waals surface area contributed by atoms with Gasteiger partial charge in [-0.1, -0.05) is 18.2 Å². The van der Waals surface area contributed by atoms with Crippen molar-refractivity contribution in [3.8, 4) is 0 Å². The quantitative estimate of drug-likeness (QED) is 0.777. The maximum absolute atomic E-state index is 12.4. The predicted octanol–water partition coefficient (Wildman–Crippen LogP) is 0.255. The number of hydrogen-bond acceptors (Lipinski definition) is 6.